The van der Waals surface area contributed by atoms with E-state index in [1.54, 1.807) is 0 Å². The van der Waals surface area contributed by atoms with Crippen LogP contribution in [0.25, 0.3) is 0 Å². The highest BCUT2D eigenvalue weighted by molar-refractivity contribution is 5.46. The smallest absolute Gasteiger partial charge is 0.0928 e. The maximum Gasteiger partial charge on any atom is 0.0928 e. The summed E-state index contributed by atoms with van der Waals surface area (Å²) in [6, 6.07) is 7.73. The van der Waals surface area contributed by atoms with Crippen molar-refractivity contribution in [1.82, 2.24) is 5.43 Å². The van der Waals surface area contributed by atoms with Gasteiger partial charge in [0.05, 0.1) is 6.10 Å². The van der Waals surface area contributed by atoms with Crippen LogP contribution in [0, 0.1) is 0 Å². The van der Waals surface area contributed by atoms with E-state index in [2.05, 4.69) is 5.43 Å². The molecule has 0 aliphatic heterocycles. The van der Waals surface area contributed by atoms with Gasteiger partial charge in [0.15, 0.2) is 0 Å². The first-order chi connectivity index (χ1) is 6.65. The van der Waals surface area contributed by atoms with Crippen molar-refractivity contribution >= 4 is 5.69 Å². The molecule has 1 rings (SSSR count). The molecular weight excluding hydrogens is 178 g/mol. The van der Waals surface area contributed by atoms with Gasteiger partial charge in [0, 0.05) is 26.3 Å². The first kappa shape index (κ1) is 11.0. The van der Waals surface area contributed by atoms with Gasteiger partial charge in [-0.3, -0.25) is 11.3 Å². The average Bonchev–Trinajstić information content (AvgIpc) is 2.18. The van der Waals surface area contributed by atoms with Crippen LogP contribution in [-0.4, -0.2) is 25.7 Å². The van der Waals surface area contributed by atoms with Crippen LogP contribution in [0.2, 0.25) is 0 Å². The Morgan fingerprint density at radius 1 is 1.36 bits per heavy atom. The number of aliphatic hydroxyl groups excluding tert-OH is 1. The van der Waals surface area contributed by atoms with Crippen molar-refractivity contribution < 1.29 is 5.11 Å². The number of benzene rings is 1. The third-order valence-corrected chi connectivity index (χ3v) is 2.11. The van der Waals surface area contributed by atoms with Crippen molar-refractivity contribution in [3.8, 4) is 0 Å². The maximum absolute atomic E-state index is 9.59. The van der Waals surface area contributed by atoms with E-state index in [4.69, 9.17) is 5.84 Å². The molecule has 0 aliphatic rings. The summed E-state index contributed by atoms with van der Waals surface area (Å²) in [5.41, 5.74) is 4.42. The molecule has 0 saturated heterocycles. The van der Waals surface area contributed by atoms with Crippen LogP contribution in [0.15, 0.2) is 24.3 Å². The molecule has 4 heteroatoms. The Hall–Kier alpha value is -1.10. The summed E-state index contributed by atoms with van der Waals surface area (Å²) in [4.78, 5) is 2.01. The molecule has 14 heavy (non-hydrogen) atoms. The minimum Gasteiger partial charge on any atom is -0.387 e. The zero-order chi connectivity index (χ0) is 10.6. The summed E-state index contributed by atoms with van der Waals surface area (Å²) >= 11 is 0. The zero-order valence-electron chi connectivity index (χ0n) is 8.57. The summed E-state index contributed by atoms with van der Waals surface area (Å²) in [6.07, 6.45) is -0.545. The van der Waals surface area contributed by atoms with Crippen LogP contribution in [0.3, 0.4) is 0 Å². The van der Waals surface area contributed by atoms with Crippen LogP contribution in [0.5, 0.6) is 0 Å². The lowest BCUT2D eigenvalue weighted by molar-refractivity contribution is 0.175. The Kier molecular flexibility index (Phi) is 3.88. The van der Waals surface area contributed by atoms with Crippen molar-refractivity contribution in [3.05, 3.63) is 29.8 Å². The number of aliphatic hydroxyl groups is 1. The van der Waals surface area contributed by atoms with E-state index >= 15 is 0 Å². The van der Waals surface area contributed by atoms with Crippen molar-refractivity contribution in [1.29, 1.82) is 0 Å². The molecule has 0 radical (unpaired) electrons. The van der Waals surface area contributed by atoms with Gasteiger partial charge in [0.1, 0.15) is 0 Å². The van der Waals surface area contributed by atoms with E-state index in [0.29, 0.717) is 6.54 Å². The first-order valence-electron chi connectivity index (χ1n) is 4.54. The van der Waals surface area contributed by atoms with Crippen molar-refractivity contribution in [2.24, 2.45) is 5.84 Å². The maximum atomic E-state index is 9.59. The second-order valence-corrected chi connectivity index (χ2v) is 3.41. The number of anilines is 1. The quantitative estimate of drug-likeness (QED) is 0.476. The number of hydrogen-bond donors (Lipinski definition) is 3. The van der Waals surface area contributed by atoms with E-state index in [-0.39, 0.29) is 0 Å². The van der Waals surface area contributed by atoms with Crippen LogP contribution >= 0.6 is 0 Å². The minimum absolute atomic E-state index is 0.362. The van der Waals surface area contributed by atoms with E-state index in [1.165, 1.54) is 0 Å². The summed E-state index contributed by atoms with van der Waals surface area (Å²) in [6.45, 7) is 0.362. The molecule has 4 N–H and O–H groups in total. The number of hydrazine groups is 1. The number of nitrogens with one attached hydrogen (secondary N) is 1. The molecule has 4 nitrogen and oxygen atoms in total. The Bertz CT molecular complexity index is 271. The topological polar surface area (TPSA) is 61.5 Å². The number of rotatable bonds is 4. The molecule has 0 heterocycles. The second-order valence-electron chi connectivity index (χ2n) is 3.41. The molecule has 1 atom stereocenters. The predicted octanol–water partition coefficient (Wildman–Crippen LogP) is 0.249. The largest absolute Gasteiger partial charge is 0.387 e. The second kappa shape index (κ2) is 4.95. The molecule has 1 aromatic carbocycles. The van der Waals surface area contributed by atoms with E-state index in [9.17, 15) is 5.11 Å². The molecule has 1 aromatic rings. The summed E-state index contributed by atoms with van der Waals surface area (Å²) in [5, 5.41) is 9.59. The monoisotopic (exact) mass is 195 g/mol. The van der Waals surface area contributed by atoms with Crippen molar-refractivity contribution in [2.45, 2.75) is 6.10 Å². The molecule has 1 unspecified atom stereocenters. The van der Waals surface area contributed by atoms with Crippen molar-refractivity contribution in [2.75, 3.05) is 25.5 Å². The van der Waals surface area contributed by atoms with Gasteiger partial charge in [-0.1, -0.05) is 12.1 Å². The molecule has 78 valence electrons. The fourth-order valence-corrected chi connectivity index (χ4v) is 1.22. The Balaban J connectivity index is 2.72. The SMILES string of the molecule is CN(C)c1ccc(C(O)CNN)cc1. The molecule has 0 aliphatic carbocycles. The summed E-state index contributed by atoms with van der Waals surface area (Å²) in [5.74, 6) is 5.13. The fraction of sp³-hybridized carbons (Fsp3) is 0.400. The van der Waals surface area contributed by atoms with Gasteiger partial charge in [0.2, 0.25) is 0 Å². The van der Waals surface area contributed by atoms with Gasteiger partial charge in [0.25, 0.3) is 0 Å². The van der Waals surface area contributed by atoms with Crippen LogP contribution in [0.4, 0.5) is 5.69 Å². The number of nitrogens with two attached hydrogens (primary N) is 1. The Morgan fingerprint density at radius 2 is 1.93 bits per heavy atom. The molecule has 0 spiro atoms. The molecule has 0 aromatic heterocycles. The van der Waals surface area contributed by atoms with E-state index < -0.39 is 6.10 Å². The third-order valence-electron chi connectivity index (χ3n) is 2.11. The van der Waals surface area contributed by atoms with Crippen LogP contribution in [-0.2, 0) is 0 Å². The molecule has 0 saturated carbocycles. The molecule has 0 bridgehead atoms. The lowest BCUT2D eigenvalue weighted by Gasteiger charge is -2.14. The number of hydrogen-bond acceptors (Lipinski definition) is 4. The Labute approximate surface area is 84.3 Å². The highest BCUT2D eigenvalue weighted by atomic mass is 16.3. The molecule has 0 amide bonds. The van der Waals surface area contributed by atoms with Crippen LogP contribution < -0.4 is 16.2 Å². The van der Waals surface area contributed by atoms with Gasteiger partial charge in [-0.15, -0.1) is 0 Å². The van der Waals surface area contributed by atoms with Gasteiger partial charge in [-0.05, 0) is 17.7 Å². The standard InChI is InChI=1S/C10H17N3O/c1-13(2)9-5-3-8(4-6-9)10(14)7-12-11/h3-6,10,12,14H,7,11H2,1-2H3. The highest BCUT2D eigenvalue weighted by Gasteiger charge is 2.05. The van der Waals surface area contributed by atoms with Crippen LogP contribution in [0.1, 0.15) is 11.7 Å². The molecular formula is C10H17N3O. The van der Waals surface area contributed by atoms with Gasteiger partial charge in [-0.25, -0.2) is 0 Å². The number of nitrogens with zero attached hydrogens (tertiary/aromatic N) is 1. The van der Waals surface area contributed by atoms with E-state index in [1.807, 2.05) is 43.3 Å². The predicted molar refractivity (Wildman–Crippen MR) is 57.9 cm³/mol. The fourth-order valence-electron chi connectivity index (χ4n) is 1.22. The third kappa shape index (κ3) is 2.70. The minimum atomic E-state index is -0.545. The Morgan fingerprint density at radius 3 is 2.36 bits per heavy atom. The van der Waals surface area contributed by atoms with Crippen molar-refractivity contribution in [3.63, 3.8) is 0 Å². The highest BCUT2D eigenvalue weighted by Crippen LogP contribution is 2.16. The van der Waals surface area contributed by atoms with Gasteiger partial charge >= 0.3 is 0 Å². The van der Waals surface area contributed by atoms with Gasteiger partial charge in [-0.2, -0.15) is 0 Å². The zero-order valence-corrected chi connectivity index (χ0v) is 8.57. The lowest BCUT2D eigenvalue weighted by atomic mass is 10.1. The average molecular weight is 195 g/mol. The first-order valence-corrected chi connectivity index (χ1v) is 4.54. The normalized spacial score (nSPS) is 12.6. The summed E-state index contributed by atoms with van der Waals surface area (Å²) in [7, 11) is 3.96. The lowest BCUT2D eigenvalue weighted by Crippen LogP contribution is -2.27. The molecule has 0 fully saturated rings. The van der Waals surface area contributed by atoms with Gasteiger partial charge < -0.3 is 10.0 Å². The van der Waals surface area contributed by atoms with E-state index in [0.717, 1.165) is 11.3 Å². The summed E-state index contributed by atoms with van der Waals surface area (Å²) < 4.78 is 0.